The molecule has 23 nitrogen and oxygen atoms in total. The highest BCUT2D eigenvalue weighted by atomic mass is 16.3. The van der Waals surface area contributed by atoms with E-state index in [1.54, 1.807) is 60.7 Å². The summed E-state index contributed by atoms with van der Waals surface area (Å²) in [5.74, 6) is -3.80. The molecule has 0 atom stereocenters. The van der Waals surface area contributed by atoms with Gasteiger partial charge in [-0.25, -0.2) is 4.58 Å². The van der Waals surface area contributed by atoms with Gasteiger partial charge in [-0.15, -0.1) is 0 Å². The summed E-state index contributed by atoms with van der Waals surface area (Å²) < 4.78 is 9.14. The highest BCUT2D eigenvalue weighted by Gasteiger charge is 2.33. The minimum absolute atomic E-state index is 0.0308. The van der Waals surface area contributed by atoms with Gasteiger partial charge in [0.15, 0.2) is 0 Å². The van der Waals surface area contributed by atoms with E-state index in [9.17, 15) is 9.59 Å². The number of benzene rings is 9. The molecule has 0 radical (unpaired) electrons. The number of anilines is 1. The molecule has 0 unspecified atom stereocenters. The lowest BCUT2D eigenvalue weighted by molar-refractivity contribution is -0.148. The fourth-order valence-corrected chi connectivity index (χ4v) is 14.1. The third-order valence-electron chi connectivity index (χ3n) is 20.0. The Morgan fingerprint density at radius 1 is 0.342 bits per heavy atom. The summed E-state index contributed by atoms with van der Waals surface area (Å²) in [7, 11) is 0. The van der Waals surface area contributed by atoms with E-state index in [-0.39, 0.29) is 78.5 Å². The van der Waals surface area contributed by atoms with E-state index in [0.717, 1.165) is 87.1 Å². The minimum atomic E-state index is -0.775. The molecule has 8 aromatic carbocycles. The Bertz CT molecular complexity index is 4970. The number of nitrogens with two attached hydrogens (primary N) is 7. The van der Waals surface area contributed by atoms with Crippen molar-refractivity contribution in [2.45, 2.75) is 106 Å². The van der Waals surface area contributed by atoms with E-state index >= 15 is 24.0 Å². The number of fused-ring (bicyclic) bond motifs is 2. The van der Waals surface area contributed by atoms with Crippen LogP contribution < -0.4 is 55.0 Å². The molecule has 1 aliphatic heterocycles. The van der Waals surface area contributed by atoms with Crippen LogP contribution in [0.5, 0.6) is 0 Å². The highest BCUT2D eigenvalue weighted by Crippen LogP contribution is 2.43. The normalized spacial score (nSPS) is 11.2. The lowest BCUT2D eigenvalue weighted by atomic mass is 9.90. The first-order valence-electron chi connectivity index (χ1n) is 37.8. The van der Waals surface area contributed by atoms with E-state index in [1.165, 1.54) is 29.4 Å². The first-order chi connectivity index (χ1) is 53.8. The second-order valence-corrected chi connectivity index (χ2v) is 27.7. The van der Waals surface area contributed by atoms with Gasteiger partial charge in [0.1, 0.15) is 57.2 Å². The minimum Gasteiger partial charge on any atom is -0.456 e. The van der Waals surface area contributed by atoms with Gasteiger partial charge in [0.25, 0.3) is 5.91 Å². The summed E-state index contributed by atoms with van der Waals surface area (Å²) in [6.07, 6.45) is 0. The van der Waals surface area contributed by atoms with Gasteiger partial charge in [-0.3, -0.25) is 33.6 Å². The Morgan fingerprint density at radius 2 is 0.676 bits per heavy atom. The van der Waals surface area contributed by atoms with E-state index in [1.807, 2.05) is 133 Å². The number of nitrogens with zero attached hydrogens (tertiary/aromatic N) is 8. The zero-order valence-electron chi connectivity index (χ0n) is 64.1. The van der Waals surface area contributed by atoms with Gasteiger partial charge in [-0.1, -0.05) is 164 Å². The van der Waals surface area contributed by atoms with Crippen LogP contribution in [-0.4, -0.2) is 136 Å². The predicted molar refractivity (Wildman–Crippen MR) is 435 cm³/mol. The Morgan fingerprint density at radius 3 is 1.02 bits per heavy atom. The number of carbonyl (C=O) groups excluding carboxylic acids is 7. The smallest absolute Gasteiger partial charge is 0.255 e. The Kier molecular flexibility index (Phi) is 29.2. The first kappa shape index (κ1) is 81.8. The third kappa shape index (κ3) is 21.6. The molecule has 0 bridgehead atoms. The monoisotopic (exact) mass is 1500 g/mol. The average Bonchev–Trinajstić information content (AvgIpc) is 0.742. The summed E-state index contributed by atoms with van der Waals surface area (Å²) in [6.45, 7) is 8.70. The number of carbonyl (C=O) groups is 7. The lowest BCUT2D eigenvalue weighted by Gasteiger charge is -2.32. The van der Waals surface area contributed by atoms with Crippen LogP contribution in [0.4, 0.5) is 5.69 Å². The number of amides is 7. The van der Waals surface area contributed by atoms with Crippen molar-refractivity contribution in [3.05, 3.63) is 284 Å². The second kappa shape index (κ2) is 39.6. The summed E-state index contributed by atoms with van der Waals surface area (Å²) in [5, 5.41) is 1.75. The second-order valence-electron chi connectivity index (χ2n) is 27.7. The molecule has 0 fully saturated rings. The number of primary amides is 1. The van der Waals surface area contributed by atoms with E-state index in [2.05, 4.69) is 49.3 Å². The van der Waals surface area contributed by atoms with Crippen molar-refractivity contribution in [2.24, 2.45) is 40.1 Å². The first-order valence-corrected chi connectivity index (χ1v) is 37.8. The zero-order chi connectivity index (χ0) is 79.1. The molecule has 2 aliphatic rings. The number of hydrogen-bond donors (Lipinski definition) is 7. The summed E-state index contributed by atoms with van der Waals surface area (Å²) in [4.78, 5) is 117. The molecular formula is C88H104N15O8+. The highest BCUT2D eigenvalue weighted by molar-refractivity contribution is 6.10. The van der Waals surface area contributed by atoms with Crippen molar-refractivity contribution in [1.29, 1.82) is 0 Å². The van der Waals surface area contributed by atoms with Gasteiger partial charge in [-0.2, -0.15) is 0 Å². The largest absolute Gasteiger partial charge is 0.456 e. The molecule has 14 N–H and O–H groups in total. The van der Waals surface area contributed by atoms with Crippen LogP contribution in [0, 0.1) is 0 Å². The van der Waals surface area contributed by atoms with Gasteiger partial charge in [-0.05, 0) is 124 Å². The molecule has 0 spiro atoms. The molecule has 1 heterocycles. The maximum atomic E-state index is 16.3. The standard InChI is InChI=1S/C88H103N15O8/c1-5-96(6-2)73-31-33-77-79(41-73)111-80-42-74(97(7-3)8-4)32-34-78(80)87(77)75-29-9-10-30-76(75)88(110)103(54-72-28-16-22-66(40-72)48-94)60-86(109)102(53-71-27-15-21-65(39-71)47-93)59-85(108)101(52-70-26-14-20-64(38-70)46-92)58-84(107)100(51-69-25-13-19-63(37-69)45-91)57-83(106)99(50-68-24-12-18-62(36-68)44-90)56-82(105)98(55-81(95)104)49-67-23-11-17-61(35-67)43-89/h9-42H,5-8,43-60,89-94H2,1-4H3,(H-,95,104)/p+1. The van der Waals surface area contributed by atoms with Crippen LogP contribution in [-0.2, 0) is 107 Å². The number of rotatable bonds is 37. The third-order valence-corrected chi connectivity index (χ3v) is 20.0. The van der Waals surface area contributed by atoms with Crippen LogP contribution in [0.2, 0.25) is 0 Å². The zero-order valence-corrected chi connectivity index (χ0v) is 64.1. The Hall–Kier alpha value is -11.7. The maximum Gasteiger partial charge on any atom is 0.255 e. The van der Waals surface area contributed by atoms with Crippen LogP contribution in [0.25, 0.3) is 33.4 Å². The molecule has 0 aromatic heterocycles. The number of hydrogen-bond acceptors (Lipinski definition) is 15. The SMILES string of the molecule is CCN(CC)c1ccc2c(-c3ccccc3C(=O)N(CC(=O)N(CC(=O)N(CC(=O)N(CC(=O)N(CC(=O)N(CC(N)=O)Cc3cccc(CN)c3)Cc3cccc(CN)c3)Cc3cccc(CN)c3)Cc3cccc(CN)c3)Cc3cccc(CN)c3)Cc3cccc(CN)c3)c3ccc(=[N+](CC)CC)cc-3oc2c1. The maximum absolute atomic E-state index is 16.3. The lowest BCUT2D eigenvalue weighted by Crippen LogP contribution is -2.51. The molecule has 10 rings (SSSR count). The van der Waals surface area contributed by atoms with Crippen LogP contribution in [0.15, 0.2) is 211 Å². The van der Waals surface area contributed by atoms with Gasteiger partial charge >= 0.3 is 0 Å². The molecular weight excluding hydrogens is 1400 g/mol. The fourth-order valence-electron chi connectivity index (χ4n) is 14.1. The van der Waals surface area contributed by atoms with Crippen molar-refractivity contribution in [3.63, 3.8) is 0 Å². The summed E-state index contributed by atoms with van der Waals surface area (Å²) in [5.41, 5.74) is 55.3. The summed E-state index contributed by atoms with van der Waals surface area (Å²) >= 11 is 0. The molecule has 23 heteroatoms. The van der Waals surface area contributed by atoms with Crippen LogP contribution >= 0.6 is 0 Å². The average molecular weight is 1500 g/mol. The van der Waals surface area contributed by atoms with Crippen molar-refractivity contribution < 1.29 is 38.0 Å². The van der Waals surface area contributed by atoms with Gasteiger partial charge in [0.05, 0.1) is 12.6 Å². The molecule has 111 heavy (non-hydrogen) atoms. The predicted octanol–water partition coefficient (Wildman–Crippen LogP) is 7.89. The van der Waals surface area contributed by atoms with Crippen molar-refractivity contribution >= 4 is 58.0 Å². The molecule has 1 aliphatic carbocycles. The van der Waals surface area contributed by atoms with Gasteiger partial charge in [0.2, 0.25) is 40.8 Å². The van der Waals surface area contributed by atoms with Gasteiger partial charge in [0, 0.05) is 132 Å². The molecule has 578 valence electrons. The Balaban J connectivity index is 1.04. The van der Waals surface area contributed by atoms with E-state index in [4.69, 9.17) is 44.6 Å². The quantitative estimate of drug-likeness (QED) is 0.0144. The molecule has 7 amide bonds. The fraction of sp³-hybridized carbons (Fsp3) is 0.295. The molecule has 0 saturated heterocycles. The van der Waals surface area contributed by atoms with E-state index in [0.29, 0.717) is 55.9 Å². The van der Waals surface area contributed by atoms with Crippen LogP contribution in [0.3, 0.4) is 0 Å². The topological polar surface area (TPSA) is 340 Å². The Labute approximate surface area is 649 Å². The van der Waals surface area contributed by atoms with Crippen molar-refractivity contribution in [2.75, 3.05) is 70.3 Å². The van der Waals surface area contributed by atoms with Crippen molar-refractivity contribution in [1.82, 2.24) is 34.0 Å². The molecule has 8 aromatic rings. The van der Waals surface area contributed by atoms with Crippen molar-refractivity contribution in [3.8, 4) is 22.5 Å². The summed E-state index contributed by atoms with van der Waals surface area (Å²) in [6, 6.07) is 63.6. The van der Waals surface area contributed by atoms with E-state index < -0.39 is 80.6 Å². The van der Waals surface area contributed by atoms with Gasteiger partial charge < -0.3 is 78.9 Å². The van der Waals surface area contributed by atoms with Crippen LogP contribution in [0.1, 0.15) is 105 Å². The molecule has 0 saturated carbocycles.